The summed E-state index contributed by atoms with van der Waals surface area (Å²) in [6.45, 7) is 4.59. The number of halogens is 2. The van der Waals surface area contributed by atoms with Gasteiger partial charge in [-0.2, -0.15) is 0 Å². The molecular formula is C16H19ClFNO2. The van der Waals surface area contributed by atoms with Crippen LogP contribution in [0.5, 0.6) is 0 Å². The van der Waals surface area contributed by atoms with Crippen molar-refractivity contribution in [3.63, 3.8) is 0 Å². The Kier molecular flexibility index (Phi) is 3.93. The first kappa shape index (κ1) is 14.8. The van der Waals surface area contributed by atoms with Gasteiger partial charge in [0.2, 0.25) is 0 Å². The summed E-state index contributed by atoms with van der Waals surface area (Å²) in [5, 5.41) is 0.186. The maximum atomic E-state index is 13.5. The molecule has 5 heteroatoms. The first-order chi connectivity index (χ1) is 10.0. The SMILES string of the molecule is Cc1cc(C(=O)N2CCCC3(CCOC3)C2)c(Cl)cc1F. The molecule has 2 aliphatic heterocycles. The van der Waals surface area contributed by atoms with Crippen LogP contribution in [-0.2, 0) is 4.74 Å². The fourth-order valence-corrected chi connectivity index (χ4v) is 3.58. The van der Waals surface area contributed by atoms with Crippen LogP contribution in [0.25, 0.3) is 0 Å². The molecule has 1 aromatic rings. The van der Waals surface area contributed by atoms with E-state index in [0.29, 0.717) is 17.7 Å². The number of aryl methyl sites for hydroxylation is 1. The first-order valence-electron chi connectivity index (χ1n) is 7.33. The molecule has 2 aliphatic rings. The van der Waals surface area contributed by atoms with E-state index in [0.717, 1.165) is 39.0 Å². The molecule has 0 aromatic heterocycles. The molecule has 1 amide bonds. The highest BCUT2D eigenvalue weighted by Gasteiger charge is 2.40. The Bertz CT molecular complexity index is 570. The van der Waals surface area contributed by atoms with Crippen molar-refractivity contribution in [2.45, 2.75) is 26.2 Å². The zero-order valence-electron chi connectivity index (χ0n) is 12.1. The van der Waals surface area contributed by atoms with Gasteiger partial charge in [-0.15, -0.1) is 0 Å². The minimum atomic E-state index is -0.379. The van der Waals surface area contributed by atoms with Gasteiger partial charge < -0.3 is 9.64 Å². The van der Waals surface area contributed by atoms with Crippen molar-refractivity contribution in [3.05, 3.63) is 34.1 Å². The number of rotatable bonds is 1. The molecule has 1 spiro atoms. The molecular weight excluding hydrogens is 293 g/mol. The number of carbonyl (C=O) groups excluding carboxylic acids is 1. The van der Waals surface area contributed by atoms with E-state index in [-0.39, 0.29) is 22.2 Å². The lowest BCUT2D eigenvalue weighted by Gasteiger charge is -2.39. The largest absolute Gasteiger partial charge is 0.381 e. The zero-order valence-corrected chi connectivity index (χ0v) is 12.9. The molecule has 0 aliphatic carbocycles. The zero-order chi connectivity index (χ0) is 15.0. The van der Waals surface area contributed by atoms with Gasteiger partial charge in [-0.3, -0.25) is 4.79 Å². The lowest BCUT2D eigenvalue weighted by atomic mass is 9.79. The van der Waals surface area contributed by atoms with Gasteiger partial charge >= 0.3 is 0 Å². The second kappa shape index (κ2) is 5.58. The summed E-state index contributed by atoms with van der Waals surface area (Å²) in [7, 11) is 0. The van der Waals surface area contributed by atoms with Crippen LogP contribution in [0, 0.1) is 18.2 Å². The van der Waals surface area contributed by atoms with E-state index in [1.807, 2.05) is 4.90 Å². The Labute approximate surface area is 129 Å². The topological polar surface area (TPSA) is 29.5 Å². The number of nitrogens with zero attached hydrogens (tertiary/aromatic N) is 1. The molecule has 2 fully saturated rings. The smallest absolute Gasteiger partial charge is 0.255 e. The van der Waals surface area contributed by atoms with Gasteiger partial charge in [0.1, 0.15) is 5.82 Å². The van der Waals surface area contributed by atoms with Crippen molar-refractivity contribution in [2.24, 2.45) is 5.41 Å². The number of ether oxygens (including phenoxy) is 1. The minimum Gasteiger partial charge on any atom is -0.381 e. The first-order valence-corrected chi connectivity index (χ1v) is 7.71. The number of likely N-dealkylation sites (tertiary alicyclic amines) is 1. The second-order valence-electron chi connectivity index (χ2n) is 6.21. The standard InChI is InChI=1S/C16H19ClFNO2/c1-11-7-12(13(17)8-14(11)18)15(20)19-5-2-3-16(9-19)4-6-21-10-16/h7-8H,2-6,9-10H2,1H3. The Morgan fingerprint density at radius 1 is 1.43 bits per heavy atom. The summed E-state index contributed by atoms with van der Waals surface area (Å²) in [5.41, 5.74) is 0.945. The van der Waals surface area contributed by atoms with Crippen LogP contribution in [0.3, 0.4) is 0 Å². The number of piperidine rings is 1. The molecule has 2 saturated heterocycles. The molecule has 1 aromatic carbocycles. The summed E-state index contributed by atoms with van der Waals surface area (Å²) >= 11 is 6.05. The number of hydrogen-bond donors (Lipinski definition) is 0. The maximum Gasteiger partial charge on any atom is 0.255 e. The van der Waals surface area contributed by atoms with Crippen molar-refractivity contribution < 1.29 is 13.9 Å². The van der Waals surface area contributed by atoms with Crippen molar-refractivity contribution in [1.29, 1.82) is 0 Å². The number of benzene rings is 1. The molecule has 1 unspecified atom stereocenters. The van der Waals surface area contributed by atoms with Crippen molar-refractivity contribution in [1.82, 2.24) is 4.90 Å². The van der Waals surface area contributed by atoms with Gasteiger partial charge in [-0.1, -0.05) is 11.6 Å². The molecule has 21 heavy (non-hydrogen) atoms. The molecule has 0 saturated carbocycles. The van der Waals surface area contributed by atoms with Gasteiger partial charge in [0.05, 0.1) is 17.2 Å². The van der Waals surface area contributed by atoms with Crippen LogP contribution in [0.4, 0.5) is 4.39 Å². The molecule has 1 atom stereocenters. The maximum absolute atomic E-state index is 13.5. The lowest BCUT2D eigenvalue weighted by Crippen LogP contribution is -2.46. The Morgan fingerprint density at radius 2 is 2.24 bits per heavy atom. The third-order valence-corrected chi connectivity index (χ3v) is 4.93. The van der Waals surface area contributed by atoms with E-state index in [1.54, 1.807) is 13.0 Å². The quantitative estimate of drug-likeness (QED) is 0.795. The average molecular weight is 312 g/mol. The predicted molar refractivity (Wildman–Crippen MR) is 79.2 cm³/mol. The third-order valence-electron chi connectivity index (χ3n) is 4.61. The van der Waals surface area contributed by atoms with Gasteiger partial charge in [-0.25, -0.2) is 4.39 Å². The van der Waals surface area contributed by atoms with E-state index in [1.165, 1.54) is 6.07 Å². The Hall–Kier alpha value is -1.13. The van der Waals surface area contributed by atoms with E-state index >= 15 is 0 Å². The van der Waals surface area contributed by atoms with Crippen molar-refractivity contribution >= 4 is 17.5 Å². The molecule has 2 heterocycles. The minimum absolute atomic E-state index is 0.103. The molecule has 0 N–H and O–H groups in total. The number of hydrogen-bond acceptors (Lipinski definition) is 2. The highest BCUT2D eigenvalue weighted by Crippen LogP contribution is 2.38. The van der Waals surface area contributed by atoms with Crippen molar-refractivity contribution in [3.8, 4) is 0 Å². The molecule has 0 radical (unpaired) electrons. The van der Waals surface area contributed by atoms with Crippen LogP contribution in [0.1, 0.15) is 35.2 Å². The van der Waals surface area contributed by atoms with Gasteiger partial charge in [-0.05, 0) is 43.9 Å². The highest BCUT2D eigenvalue weighted by molar-refractivity contribution is 6.33. The van der Waals surface area contributed by atoms with Crippen LogP contribution in [0.15, 0.2) is 12.1 Å². The molecule has 3 rings (SSSR count). The second-order valence-corrected chi connectivity index (χ2v) is 6.62. The fourth-order valence-electron chi connectivity index (χ4n) is 3.34. The fraction of sp³-hybridized carbons (Fsp3) is 0.562. The number of amides is 1. The third kappa shape index (κ3) is 2.79. The summed E-state index contributed by atoms with van der Waals surface area (Å²) in [6.07, 6.45) is 3.09. The van der Waals surface area contributed by atoms with Crippen LogP contribution < -0.4 is 0 Å². The van der Waals surface area contributed by atoms with Gasteiger partial charge in [0.15, 0.2) is 0 Å². The van der Waals surface area contributed by atoms with Crippen LogP contribution >= 0.6 is 11.6 Å². The monoisotopic (exact) mass is 311 g/mol. The lowest BCUT2D eigenvalue weighted by molar-refractivity contribution is 0.0462. The van der Waals surface area contributed by atoms with E-state index in [4.69, 9.17) is 16.3 Å². The summed E-state index contributed by atoms with van der Waals surface area (Å²) in [5.74, 6) is -0.482. The normalized spacial score (nSPS) is 25.6. The van der Waals surface area contributed by atoms with Gasteiger partial charge in [0, 0.05) is 25.1 Å². The van der Waals surface area contributed by atoms with Crippen molar-refractivity contribution in [2.75, 3.05) is 26.3 Å². The summed E-state index contributed by atoms with van der Waals surface area (Å²) in [4.78, 5) is 14.5. The number of carbonyl (C=O) groups is 1. The van der Waals surface area contributed by atoms with Crippen LogP contribution in [-0.4, -0.2) is 37.1 Å². The Balaban J connectivity index is 1.83. The summed E-state index contributed by atoms with van der Waals surface area (Å²) in [6, 6.07) is 2.77. The predicted octanol–water partition coefficient (Wildman–Crippen LogP) is 3.43. The highest BCUT2D eigenvalue weighted by atomic mass is 35.5. The summed E-state index contributed by atoms with van der Waals surface area (Å²) < 4.78 is 19.0. The molecule has 0 bridgehead atoms. The van der Waals surface area contributed by atoms with E-state index < -0.39 is 0 Å². The van der Waals surface area contributed by atoms with E-state index in [2.05, 4.69) is 0 Å². The Morgan fingerprint density at radius 3 is 2.95 bits per heavy atom. The van der Waals surface area contributed by atoms with E-state index in [9.17, 15) is 9.18 Å². The average Bonchev–Trinajstić information content (AvgIpc) is 2.90. The van der Waals surface area contributed by atoms with Gasteiger partial charge in [0.25, 0.3) is 5.91 Å². The molecule has 114 valence electrons. The van der Waals surface area contributed by atoms with Crippen LogP contribution in [0.2, 0.25) is 5.02 Å². The molecule has 3 nitrogen and oxygen atoms in total.